The Morgan fingerprint density at radius 2 is 1.76 bits per heavy atom. The summed E-state index contributed by atoms with van der Waals surface area (Å²) in [6, 6.07) is -0.0947. The predicted octanol–water partition coefficient (Wildman–Crippen LogP) is -1.83. The first-order valence-corrected chi connectivity index (χ1v) is 9.99. The standard InChI is InChI=1S/C19H34N4O3.3H2O/c1-14(22-15(2)24)12-21-19(26)17-4-3-11-23(13-17)18(25)6-5-16-7-9-20-10-8-16;;;/h14,16-17,20H,3-13H2,1-2H3,(H,21,26)(H,22,24);3*1H2. The van der Waals surface area contributed by atoms with Crippen LogP contribution >= 0.6 is 0 Å². The normalized spacial score (nSPS) is 20.2. The number of rotatable bonds is 7. The average molecular weight is 421 g/mol. The van der Waals surface area contributed by atoms with E-state index in [1.165, 1.54) is 6.92 Å². The molecule has 0 aromatic heterocycles. The number of carbonyl (C=O) groups excluding carboxylic acids is 3. The minimum atomic E-state index is -0.142. The number of carbonyl (C=O) groups is 3. The fourth-order valence-corrected chi connectivity index (χ4v) is 3.87. The number of likely N-dealkylation sites (tertiary alicyclic amines) is 1. The van der Waals surface area contributed by atoms with Gasteiger partial charge < -0.3 is 37.3 Å². The Morgan fingerprint density at radius 1 is 1.10 bits per heavy atom. The van der Waals surface area contributed by atoms with Crippen LogP contribution in [0.3, 0.4) is 0 Å². The number of amides is 3. The predicted molar refractivity (Wildman–Crippen MR) is 111 cm³/mol. The lowest BCUT2D eigenvalue weighted by molar-refractivity contribution is -0.136. The van der Waals surface area contributed by atoms with Gasteiger partial charge in [-0.15, -0.1) is 0 Å². The zero-order valence-electron chi connectivity index (χ0n) is 17.7. The molecule has 2 fully saturated rings. The van der Waals surface area contributed by atoms with E-state index in [4.69, 9.17) is 0 Å². The summed E-state index contributed by atoms with van der Waals surface area (Å²) in [7, 11) is 0. The summed E-state index contributed by atoms with van der Waals surface area (Å²) in [5, 5.41) is 9.01. The van der Waals surface area contributed by atoms with Gasteiger partial charge in [0.15, 0.2) is 0 Å². The van der Waals surface area contributed by atoms with E-state index in [-0.39, 0.29) is 46.1 Å². The van der Waals surface area contributed by atoms with E-state index in [1.54, 1.807) is 0 Å². The zero-order chi connectivity index (χ0) is 18.9. The second kappa shape index (κ2) is 15.1. The van der Waals surface area contributed by atoms with E-state index in [9.17, 15) is 14.4 Å². The molecule has 2 aliphatic heterocycles. The van der Waals surface area contributed by atoms with Gasteiger partial charge in [0.1, 0.15) is 0 Å². The number of hydrogen-bond donors (Lipinski definition) is 3. The Bertz CT molecular complexity index is 499. The second-order valence-corrected chi connectivity index (χ2v) is 7.76. The second-order valence-electron chi connectivity index (χ2n) is 7.76. The van der Waals surface area contributed by atoms with Gasteiger partial charge in [0, 0.05) is 39.0 Å². The maximum absolute atomic E-state index is 12.5. The van der Waals surface area contributed by atoms with Crippen molar-refractivity contribution in [2.24, 2.45) is 11.8 Å². The van der Waals surface area contributed by atoms with Crippen LogP contribution in [0.15, 0.2) is 0 Å². The van der Waals surface area contributed by atoms with Gasteiger partial charge in [-0.2, -0.15) is 0 Å². The van der Waals surface area contributed by atoms with Crippen molar-refractivity contribution in [3.63, 3.8) is 0 Å². The van der Waals surface area contributed by atoms with Gasteiger partial charge >= 0.3 is 0 Å². The molecule has 0 aromatic carbocycles. The molecule has 2 aliphatic rings. The first-order valence-electron chi connectivity index (χ1n) is 9.99. The summed E-state index contributed by atoms with van der Waals surface area (Å²) in [5.41, 5.74) is 0. The summed E-state index contributed by atoms with van der Waals surface area (Å²) in [5.74, 6) is 0.580. The van der Waals surface area contributed by atoms with E-state index in [0.29, 0.717) is 25.4 Å². The van der Waals surface area contributed by atoms with Crippen molar-refractivity contribution >= 4 is 17.7 Å². The van der Waals surface area contributed by atoms with Crippen molar-refractivity contribution < 1.29 is 30.8 Å². The summed E-state index contributed by atoms with van der Waals surface area (Å²) in [6.07, 6.45) is 5.56. The van der Waals surface area contributed by atoms with Crippen LogP contribution in [0.4, 0.5) is 0 Å². The van der Waals surface area contributed by atoms with Crippen molar-refractivity contribution in [2.75, 3.05) is 32.7 Å². The van der Waals surface area contributed by atoms with E-state index in [0.717, 1.165) is 51.7 Å². The molecule has 0 spiro atoms. The Morgan fingerprint density at radius 3 is 2.38 bits per heavy atom. The summed E-state index contributed by atoms with van der Waals surface area (Å²) in [6.45, 7) is 7.14. The molecule has 29 heavy (non-hydrogen) atoms. The first-order chi connectivity index (χ1) is 12.5. The summed E-state index contributed by atoms with van der Waals surface area (Å²) < 4.78 is 0. The van der Waals surface area contributed by atoms with Gasteiger partial charge in [0.25, 0.3) is 0 Å². The molecule has 2 heterocycles. The molecule has 0 bridgehead atoms. The number of nitrogens with one attached hydrogen (secondary N) is 3. The molecule has 0 saturated carbocycles. The van der Waals surface area contributed by atoms with E-state index in [1.807, 2.05) is 11.8 Å². The highest BCUT2D eigenvalue weighted by atomic mass is 16.2. The lowest BCUT2D eigenvalue weighted by Crippen LogP contribution is -2.48. The molecule has 172 valence electrons. The van der Waals surface area contributed by atoms with Crippen LogP contribution in [0, 0.1) is 11.8 Å². The average Bonchev–Trinajstić information content (AvgIpc) is 2.64. The smallest absolute Gasteiger partial charge is 0.224 e. The van der Waals surface area contributed by atoms with Crippen molar-refractivity contribution in [3.05, 3.63) is 0 Å². The number of piperidine rings is 2. The summed E-state index contributed by atoms with van der Waals surface area (Å²) >= 11 is 0. The topological polar surface area (TPSA) is 185 Å². The molecule has 3 amide bonds. The minimum absolute atomic E-state index is 0. The van der Waals surface area contributed by atoms with Gasteiger partial charge in [-0.25, -0.2) is 0 Å². The molecule has 10 heteroatoms. The number of nitrogens with zero attached hydrogens (tertiary/aromatic N) is 1. The first kappa shape index (κ1) is 29.5. The number of hydrogen-bond acceptors (Lipinski definition) is 4. The molecule has 0 aliphatic carbocycles. The van der Waals surface area contributed by atoms with Crippen molar-refractivity contribution in [2.45, 2.75) is 58.4 Å². The molecule has 0 aromatic rings. The fraction of sp³-hybridized carbons (Fsp3) is 0.842. The van der Waals surface area contributed by atoms with E-state index < -0.39 is 0 Å². The molecular formula is C19H40N4O6. The highest BCUT2D eigenvalue weighted by Crippen LogP contribution is 2.21. The Kier molecular flexibility index (Phi) is 15.4. The Labute approximate surface area is 173 Å². The van der Waals surface area contributed by atoms with Crippen LogP contribution < -0.4 is 16.0 Å². The van der Waals surface area contributed by atoms with Crippen LogP contribution in [-0.2, 0) is 14.4 Å². The third-order valence-electron chi connectivity index (χ3n) is 5.40. The largest absolute Gasteiger partial charge is 0.412 e. The molecule has 2 unspecified atom stereocenters. The molecule has 10 nitrogen and oxygen atoms in total. The van der Waals surface area contributed by atoms with Crippen molar-refractivity contribution in [3.8, 4) is 0 Å². The van der Waals surface area contributed by atoms with Gasteiger partial charge in [-0.05, 0) is 58.0 Å². The zero-order valence-corrected chi connectivity index (χ0v) is 17.7. The van der Waals surface area contributed by atoms with Crippen molar-refractivity contribution in [1.82, 2.24) is 20.9 Å². The van der Waals surface area contributed by atoms with Gasteiger partial charge in [-0.3, -0.25) is 14.4 Å². The highest BCUT2D eigenvalue weighted by Gasteiger charge is 2.28. The molecule has 2 rings (SSSR count). The fourth-order valence-electron chi connectivity index (χ4n) is 3.87. The molecule has 2 saturated heterocycles. The van der Waals surface area contributed by atoms with Crippen LogP contribution in [0.2, 0.25) is 0 Å². The third-order valence-corrected chi connectivity index (χ3v) is 5.40. The third kappa shape index (κ3) is 10.6. The maximum atomic E-state index is 12.5. The highest BCUT2D eigenvalue weighted by molar-refractivity contribution is 5.81. The monoisotopic (exact) mass is 420 g/mol. The molecule has 9 N–H and O–H groups in total. The van der Waals surface area contributed by atoms with Crippen LogP contribution in [0.1, 0.15) is 52.4 Å². The van der Waals surface area contributed by atoms with Gasteiger partial charge in [-0.1, -0.05) is 0 Å². The van der Waals surface area contributed by atoms with Crippen LogP contribution in [-0.4, -0.2) is 77.8 Å². The van der Waals surface area contributed by atoms with Gasteiger partial charge in [0.2, 0.25) is 17.7 Å². The van der Waals surface area contributed by atoms with Crippen LogP contribution in [0.25, 0.3) is 0 Å². The molecule has 0 radical (unpaired) electrons. The Hall–Kier alpha value is -1.75. The minimum Gasteiger partial charge on any atom is -0.412 e. The molecular weight excluding hydrogens is 380 g/mol. The Balaban J connectivity index is 0. The van der Waals surface area contributed by atoms with E-state index in [2.05, 4.69) is 16.0 Å². The maximum Gasteiger partial charge on any atom is 0.224 e. The lowest BCUT2D eigenvalue weighted by Gasteiger charge is -2.33. The van der Waals surface area contributed by atoms with E-state index >= 15 is 0 Å². The quantitative estimate of drug-likeness (QED) is 0.437. The molecule has 2 atom stereocenters. The SMILES string of the molecule is CC(=O)NC(C)CNC(=O)C1CCCN(C(=O)CCC2CCNCC2)C1.O.O.O. The summed E-state index contributed by atoms with van der Waals surface area (Å²) in [4.78, 5) is 37.8. The van der Waals surface area contributed by atoms with Crippen LogP contribution in [0.5, 0.6) is 0 Å². The lowest BCUT2D eigenvalue weighted by atomic mass is 9.92. The van der Waals surface area contributed by atoms with Crippen molar-refractivity contribution in [1.29, 1.82) is 0 Å². The van der Waals surface area contributed by atoms with Gasteiger partial charge in [0.05, 0.1) is 5.92 Å².